The zero-order valence-corrected chi connectivity index (χ0v) is 11.6. The van der Waals surface area contributed by atoms with Crippen molar-refractivity contribution in [1.29, 1.82) is 0 Å². The van der Waals surface area contributed by atoms with Crippen LogP contribution in [0.1, 0.15) is 12.5 Å². The molecule has 1 rings (SSSR count). The molecular weight excluding hydrogens is 258 g/mol. The lowest BCUT2D eigenvalue weighted by molar-refractivity contribution is -0.125. The Kier molecular flexibility index (Phi) is 6.25. The van der Waals surface area contributed by atoms with Gasteiger partial charge in [-0.05, 0) is 12.1 Å². The number of urea groups is 1. The third kappa shape index (κ3) is 4.40. The van der Waals surface area contributed by atoms with Crippen LogP contribution in [-0.4, -0.2) is 37.0 Å². The van der Waals surface area contributed by atoms with Crippen LogP contribution in [0, 0.1) is 0 Å². The Morgan fingerprint density at radius 2 is 2.10 bits per heavy atom. The predicted octanol–water partition coefficient (Wildman–Crippen LogP) is 1.18. The Bertz CT molecular complexity index is 500. The maximum atomic E-state index is 11.8. The molecule has 0 unspecified atom stereocenters. The first-order valence-corrected chi connectivity index (χ1v) is 6.18. The molecule has 1 aromatic carbocycles. The summed E-state index contributed by atoms with van der Waals surface area (Å²) in [6.07, 6.45) is 3.16. The van der Waals surface area contributed by atoms with Gasteiger partial charge in [0.15, 0.2) is 0 Å². The summed E-state index contributed by atoms with van der Waals surface area (Å²) in [6.45, 7) is 1.73. The first kappa shape index (κ1) is 15.7. The van der Waals surface area contributed by atoms with Gasteiger partial charge in [0.05, 0.1) is 7.11 Å². The number of nitrogens with zero attached hydrogens (tertiary/aromatic N) is 1. The summed E-state index contributed by atoms with van der Waals surface area (Å²) in [5, 5.41) is 2.52. The van der Waals surface area contributed by atoms with Crippen molar-refractivity contribution in [3.63, 3.8) is 0 Å². The normalized spacial score (nSPS) is 10.3. The van der Waals surface area contributed by atoms with Crippen molar-refractivity contribution in [2.24, 2.45) is 5.73 Å². The molecule has 0 spiro atoms. The Hall–Kier alpha value is -2.34. The third-order valence-corrected chi connectivity index (χ3v) is 2.59. The van der Waals surface area contributed by atoms with E-state index in [4.69, 9.17) is 10.5 Å². The molecule has 0 radical (unpaired) electrons. The summed E-state index contributed by atoms with van der Waals surface area (Å²) < 4.78 is 5.18. The van der Waals surface area contributed by atoms with E-state index < -0.39 is 6.03 Å². The van der Waals surface area contributed by atoms with Gasteiger partial charge in [0.2, 0.25) is 5.91 Å². The molecule has 0 aliphatic carbocycles. The summed E-state index contributed by atoms with van der Waals surface area (Å²) in [5.41, 5.74) is 6.18. The van der Waals surface area contributed by atoms with Crippen LogP contribution in [0.5, 0.6) is 5.75 Å². The topological polar surface area (TPSA) is 84.7 Å². The number of amides is 3. The molecule has 3 amide bonds. The van der Waals surface area contributed by atoms with Crippen molar-refractivity contribution in [2.75, 3.05) is 20.2 Å². The number of para-hydroxylation sites is 1. The van der Waals surface area contributed by atoms with Gasteiger partial charge in [-0.15, -0.1) is 0 Å². The fraction of sp³-hybridized carbons (Fsp3) is 0.286. The van der Waals surface area contributed by atoms with Crippen LogP contribution in [0.4, 0.5) is 4.79 Å². The summed E-state index contributed by atoms with van der Waals surface area (Å²) in [6, 6.07) is 6.88. The molecule has 0 fully saturated rings. The molecule has 108 valence electrons. The molecule has 20 heavy (non-hydrogen) atoms. The van der Waals surface area contributed by atoms with Gasteiger partial charge in [-0.3, -0.25) is 9.69 Å². The molecule has 3 N–H and O–H groups in total. The van der Waals surface area contributed by atoms with Crippen molar-refractivity contribution < 1.29 is 14.3 Å². The largest absolute Gasteiger partial charge is 0.496 e. The average Bonchev–Trinajstić information content (AvgIpc) is 2.44. The standard InChI is InChI=1S/C14H19N3O3/c1-11(18)17(10-8-15)14(19)16-9-7-12-5-3-4-6-13(12)20-2/h3-7,9H,8,10,15H2,1-2H3,(H,16,19)/b9-7+. The van der Waals surface area contributed by atoms with E-state index in [1.165, 1.54) is 13.1 Å². The molecular formula is C14H19N3O3. The maximum absolute atomic E-state index is 11.8. The van der Waals surface area contributed by atoms with E-state index in [0.29, 0.717) is 5.75 Å². The highest BCUT2D eigenvalue weighted by Crippen LogP contribution is 2.18. The van der Waals surface area contributed by atoms with E-state index in [9.17, 15) is 9.59 Å². The van der Waals surface area contributed by atoms with Gasteiger partial charge < -0.3 is 15.8 Å². The van der Waals surface area contributed by atoms with E-state index in [-0.39, 0.29) is 19.0 Å². The Labute approximate surface area is 118 Å². The molecule has 0 aromatic heterocycles. The van der Waals surface area contributed by atoms with Crippen molar-refractivity contribution in [3.8, 4) is 5.75 Å². The van der Waals surface area contributed by atoms with Crippen LogP contribution < -0.4 is 15.8 Å². The van der Waals surface area contributed by atoms with E-state index in [1.807, 2.05) is 24.3 Å². The van der Waals surface area contributed by atoms with Crippen molar-refractivity contribution >= 4 is 18.0 Å². The highest BCUT2D eigenvalue weighted by molar-refractivity contribution is 5.93. The Morgan fingerprint density at radius 1 is 1.40 bits per heavy atom. The number of nitrogens with one attached hydrogen (secondary N) is 1. The smallest absolute Gasteiger partial charge is 0.328 e. The molecule has 1 aromatic rings. The maximum Gasteiger partial charge on any atom is 0.328 e. The van der Waals surface area contributed by atoms with Crippen LogP contribution in [0.2, 0.25) is 0 Å². The van der Waals surface area contributed by atoms with Gasteiger partial charge in [0.25, 0.3) is 0 Å². The number of carbonyl (C=O) groups is 2. The number of ether oxygens (including phenoxy) is 1. The van der Waals surface area contributed by atoms with Gasteiger partial charge >= 0.3 is 6.03 Å². The average molecular weight is 277 g/mol. The van der Waals surface area contributed by atoms with Crippen molar-refractivity contribution in [3.05, 3.63) is 36.0 Å². The quantitative estimate of drug-likeness (QED) is 0.846. The number of nitrogens with two attached hydrogens (primary N) is 1. The fourth-order valence-corrected chi connectivity index (χ4v) is 1.62. The number of hydrogen-bond donors (Lipinski definition) is 2. The highest BCUT2D eigenvalue weighted by atomic mass is 16.5. The van der Waals surface area contributed by atoms with Crippen LogP contribution >= 0.6 is 0 Å². The van der Waals surface area contributed by atoms with Crippen LogP contribution in [0.3, 0.4) is 0 Å². The lowest BCUT2D eigenvalue weighted by Crippen LogP contribution is -2.43. The number of benzene rings is 1. The van der Waals surface area contributed by atoms with E-state index in [2.05, 4.69) is 5.32 Å². The molecule has 0 atom stereocenters. The predicted molar refractivity (Wildman–Crippen MR) is 77.0 cm³/mol. The number of imide groups is 1. The van der Waals surface area contributed by atoms with Crippen LogP contribution in [0.15, 0.2) is 30.5 Å². The fourth-order valence-electron chi connectivity index (χ4n) is 1.62. The summed E-state index contributed by atoms with van der Waals surface area (Å²) in [7, 11) is 1.57. The Balaban J connectivity index is 2.68. The Morgan fingerprint density at radius 3 is 2.70 bits per heavy atom. The molecule has 0 saturated carbocycles. The minimum Gasteiger partial charge on any atom is -0.496 e. The number of methoxy groups -OCH3 is 1. The van der Waals surface area contributed by atoms with E-state index >= 15 is 0 Å². The monoisotopic (exact) mass is 277 g/mol. The zero-order chi connectivity index (χ0) is 15.0. The van der Waals surface area contributed by atoms with Crippen molar-refractivity contribution in [2.45, 2.75) is 6.92 Å². The van der Waals surface area contributed by atoms with Crippen LogP contribution in [-0.2, 0) is 4.79 Å². The lowest BCUT2D eigenvalue weighted by atomic mass is 10.2. The first-order chi connectivity index (χ1) is 9.60. The third-order valence-electron chi connectivity index (χ3n) is 2.59. The van der Waals surface area contributed by atoms with Gasteiger partial charge in [0, 0.05) is 31.8 Å². The summed E-state index contributed by atoms with van der Waals surface area (Å²) in [5.74, 6) is 0.349. The highest BCUT2D eigenvalue weighted by Gasteiger charge is 2.15. The number of hydrogen-bond acceptors (Lipinski definition) is 4. The summed E-state index contributed by atoms with van der Waals surface area (Å²) in [4.78, 5) is 24.1. The van der Waals surface area contributed by atoms with Crippen LogP contribution in [0.25, 0.3) is 6.08 Å². The van der Waals surface area contributed by atoms with Gasteiger partial charge in [0.1, 0.15) is 5.75 Å². The molecule has 0 heterocycles. The van der Waals surface area contributed by atoms with Gasteiger partial charge in [-0.2, -0.15) is 0 Å². The molecule has 0 aliphatic rings. The van der Waals surface area contributed by atoms with Gasteiger partial charge in [-0.1, -0.05) is 18.2 Å². The molecule has 0 aliphatic heterocycles. The van der Waals surface area contributed by atoms with Crippen molar-refractivity contribution in [1.82, 2.24) is 10.2 Å². The minimum absolute atomic E-state index is 0.184. The second-order valence-corrected chi connectivity index (χ2v) is 3.98. The van der Waals surface area contributed by atoms with Gasteiger partial charge in [-0.25, -0.2) is 4.79 Å². The second kappa shape index (κ2) is 7.96. The summed E-state index contributed by atoms with van der Waals surface area (Å²) >= 11 is 0. The SMILES string of the molecule is COc1ccccc1/C=C/NC(=O)N(CCN)C(C)=O. The molecule has 6 nitrogen and oxygen atoms in total. The number of rotatable bonds is 5. The molecule has 0 bridgehead atoms. The number of carbonyl (C=O) groups excluding carboxylic acids is 2. The van der Waals surface area contributed by atoms with E-state index in [1.54, 1.807) is 13.2 Å². The zero-order valence-electron chi connectivity index (χ0n) is 11.6. The first-order valence-electron chi connectivity index (χ1n) is 6.18. The molecule has 0 saturated heterocycles. The minimum atomic E-state index is -0.505. The van der Waals surface area contributed by atoms with E-state index in [0.717, 1.165) is 10.5 Å². The lowest BCUT2D eigenvalue weighted by Gasteiger charge is -2.17. The second-order valence-electron chi connectivity index (χ2n) is 3.98. The molecule has 6 heteroatoms.